The first kappa shape index (κ1) is 14.4. The molecule has 0 aliphatic heterocycles. The Morgan fingerprint density at radius 3 is 3.05 bits per heavy atom. The van der Waals surface area contributed by atoms with Gasteiger partial charge in [0.15, 0.2) is 0 Å². The van der Waals surface area contributed by atoms with Crippen molar-refractivity contribution in [3.05, 3.63) is 41.7 Å². The van der Waals surface area contributed by atoms with E-state index in [4.69, 9.17) is 22.6 Å². The van der Waals surface area contributed by atoms with Crippen LogP contribution < -0.4 is 10.4 Å². The second-order valence-electron chi connectivity index (χ2n) is 3.96. The molecule has 0 fully saturated rings. The highest BCUT2D eigenvalue weighted by Crippen LogP contribution is 2.23. The van der Waals surface area contributed by atoms with Gasteiger partial charge in [-0.15, -0.1) is 0 Å². The molecule has 0 aliphatic rings. The van der Waals surface area contributed by atoms with E-state index in [1.165, 1.54) is 11.8 Å². The lowest BCUT2D eigenvalue weighted by molar-refractivity contribution is 1.11. The third-order valence-electron chi connectivity index (χ3n) is 2.78. The molecule has 100 valence electrons. The SMILES string of the molecule is N#CCc1c(CSC(N)=[N+]=CCl)ncc2ccccc12. The van der Waals surface area contributed by atoms with Gasteiger partial charge in [0.1, 0.15) is 0 Å². The normalized spacial score (nSPS) is 9.80. The fourth-order valence-electron chi connectivity index (χ4n) is 1.89. The van der Waals surface area contributed by atoms with Crippen molar-refractivity contribution < 1.29 is 0 Å². The monoisotopic (exact) mass is 303 g/mol. The van der Waals surface area contributed by atoms with Gasteiger partial charge in [-0.1, -0.05) is 24.3 Å². The van der Waals surface area contributed by atoms with E-state index in [9.17, 15) is 0 Å². The maximum Gasteiger partial charge on any atom is 0.403 e. The first-order valence-corrected chi connectivity index (χ1v) is 7.29. The molecule has 1 heterocycles. The van der Waals surface area contributed by atoms with Gasteiger partial charge in [0.05, 0.1) is 18.2 Å². The van der Waals surface area contributed by atoms with Gasteiger partial charge in [0.25, 0.3) is 5.67 Å². The number of hydrogen-bond donors (Lipinski definition) is 1. The van der Waals surface area contributed by atoms with Gasteiger partial charge in [-0.25, -0.2) is 0 Å². The summed E-state index contributed by atoms with van der Waals surface area (Å²) >= 11 is 6.72. The van der Waals surface area contributed by atoms with E-state index >= 15 is 0 Å². The number of nitrogens with zero attached hydrogens (tertiary/aromatic N) is 3. The molecule has 0 spiro atoms. The summed E-state index contributed by atoms with van der Waals surface area (Å²) in [7, 11) is 0. The molecule has 1 aromatic heterocycles. The minimum Gasteiger partial charge on any atom is -0.267 e. The summed E-state index contributed by atoms with van der Waals surface area (Å²) < 4.78 is 3.78. The average Bonchev–Trinajstić information content (AvgIpc) is 2.47. The van der Waals surface area contributed by atoms with Crippen LogP contribution in [0.3, 0.4) is 0 Å². The quantitative estimate of drug-likeness (QED) is 0.535. The van der Waals surface area contributed by atoms with Crippen LogP contribution in [-0.4, -0.2) is 15.8 Å². The van der Waals surface area contributed by atoms with Crippen molar-refractivity contribution in [2.75, 3.05) is 0 Å². The molecule has 0 saturated carbocycles. The predicted molar refractivity (Wildman–Crippen MR) is 85.6 cm³/mol. The van der Waals surface area contributed by atoms with E-state index in [1.807, 2.05) is 30.5 Å². The van der Waals surface area contributed by atoms with Crippen molar-refractivity contribution in [2.45, 2.75) is 12.2 Å². The van der Waals surface area contributed by atoms with Gasteiger partial charge in [-0.2, -0.15) is 9.93 Å². The number of fused-ring (bicyclic) bond motifs is 1. The fraction of sp³-hybridized carbons (Fsp3) is 0.143. The smallest absolute Gasteiger partial charge is 0.267 e. The standard InChI is InChI=1S/C14H11ClN4S/c15-9-19-14(17)20-8-13-12(5-6-16)11-4-2-1-3-10(11)7-18-13/h1-4,7,9,17H,5,8H2/p+1. The molecule has 0 bridgehead atoms. The zero-order valence-corrected chi connectivity index (χ0v) is 12.2. The van der Waals surface area contributed by atoms with E-state index in [1.54, 1.807) is 0 Å². The number of nitriles is 1. The predicted octanol–water partition coefficient (Wildman–Crippen LogP) is 2.18. The lowest BCUT2D eigenvalue weighted by Crippen LogP contribution is -2.11. The third-order valence-corrected chi connectivity index (χ3v) is 3.70. The van der Waals surface area contributed by atoms with Gasteiger partial charge in [0, 0.05) is 17.3 Å². The van der Waals surface area contributed by atoms with E-state index in [0.717, 1.165) is 27.7 Å². The molecule has 0 aliphatic carbocycles. The fourth-order valence-corrected chi connectivity index (χ4v) is 2.72. The molecule has 2 N–H and O–H groups in total. The second-order valence-corrected chi connectivity index (χ2v) is 5.15. The Labute approximate surface area is 126 Å². The third kappa shape index (κ3) is 3.31. The Bertz CT molecular complexity index is 730. The first-order chi connectivity index (χ1) is 9.76. The van der Waals surface area contributed by atoms with Crippen LogP contribution in [0.5, 0.6) is 0 Å². The molecule has 0 amide bonds. The molecule has 1 aromatic carbocycles. The molecule has 6 heteroatoms. The zero-order chi connectivity index (χ0) is 14.4. The van der Waals surface area contributed by atoms with Crippen LogP contribution in [0.15, 0.2) is 30.5 Å². The highest BCUT2D eigenvalue weighted by Gasteiger charge is 2.11. The van der Waals surface area contributed by atoms with Gasteiger partial charge in [-0.3, -0.25) is 10.7 Å². The summed E-state index contributed by atoms with van der Waals surface area (Å²) in [6, 6.07) is 10.1. The van der Waals surface area contributed by atoms with Gasteiger partial charge in [0.2, 0.25) is 0 Å². The van der Waals surface area contributed by atoms with E-state index < -0.39 is 0 Å². The Kier molecular flexibility index (Phi) is 5.03. The van der Waals surface area contributed by atoms with Crippen LogP contribution >= 0.6 is 23.4 Å². The number of thioether (sulfide) groups is 1. The number of rotatable bonds is 3. The Hall–Kier alpha value is -1.99. The Morgan fingerprint density at radius 2 is 2.30 bits per heavy atom. The minimum atomic E-state index is 0.322. The highest BCUT2D eigenvalue weighted by molar-refractivity contribution is 8.13. The average molecular weight is 304 g/mol. The summed E-state index contributed by atoms with van der Waals surface area (Å²) in [5.74, 6) is 0.557. The van der Waals surface area contributed by atoms with Crippen LogP contribution in [-0.2, 0) is 12.2 Å². The number of hydrogen-bond acceptors (Lipinski definition) is 3. The van der Waals surface area contributed by atoms with E-state index in [0.29, 0.717) is 17.3 Å². The molecule has 2 rings (SSSR count). The molecule has 20 heavy (non-hydrogen) atoms. The zero-order valence-electron chi connectivity index (χ0n) is 10.6. The number of nitrogens with two attached hydrogens (primary N) is 1. The van der Waals surface area contributed by atoms with E-state index in [-0.39, 0.29) is 0 Å². The molecular weight excluding hydrogens is 292 g/mol. The van der Waals surface area contributed by atoms with Crippen molar-refractivity contribution in [1.82, 2.24) is 9.65 Å². The van der Waals surface area contributed by atoms with Crippen LogP contribution in [0.2, 0.25) is 0 Å². The number of pyridine rings is 1. The second kappa shape index (κ2) is 6.97. The Balaban J connectivity index is 2.40. The maximum absolute atomic E-state index is 9.01. The number of amidine groups is 1. The van der Waals surface area contributed by atoms with Crippen molar-refractivity contribution in [3.8, 4) is 6.07 Å². The lowest BCUT2D eigenvalue weighted by atomic mass is 10.0. The summed E-state index contributed by atoms with van der Waals surface area (Å²) in [5, 5.41) is 11.5. The highest BCUT2D eigenvalue weighted by atomic mass is 35.5. The first-order valence-electron chi connectivity index (χ1n) is 5.86. The molecule has 0 atom stereocenters. The van der Waals surface area contributed by atoms with Gasteiger partial charge >= 0.3 is 5.17 Å². The van der Waals surface area contributed by atoms with Crippen LogP contribution in [0.1, 0.15) is 11.3 Å². The van der Waals surface area contributed by atoms with E-state index in [2.05, 4.69) is 15.7 Å². The molecule has 0 saturated heterocycles. The number of halogens is 1. The number of benzene rings is 1. The van der Waals surface area contributed by atoms with Crippen molar-refractivity contribution >= 4 is 45.0 Å². The van der Waals surface area contributed by atoms with Crippen molar-refractivity contribution in [1.29, 1.82) is 5.26 Å². The maximum atomic E-state index is 9.01. The van der Waals surface area contributed by atoms with Crippen LogP contribution in [0.25, 0.3) is 10.8 Å². The Morgan fingerprint density at radius 1 is 1.50 bits per heavy atom. The molecule has 2 aromatic rings. The van der Waals surface area contributed by atoms with Crippen LogP contribution in [0, 0.1) is 11.3 Å². The number of aromatic nitrogens is 1. The van der Waals surface area contributed by atoms with Crippen molar-refractivity contribution in [3.63, 3.8) is 0 Å². The molecule has 0 unspecified atom stereocenters. The largest absolute Gasteiger partial charge is 0.403 e. The molecule has 0 radical (unpaired) electrons. The summed E-state index contributed by atoms with van der Waals surface area (Å²) in [6.45, 7) is 0. The minimum absolute atomic E-state index is 0.322. The van der Waals surface area contributed by atoms with Gasteiger partial charge in [-0.05, 0) is 34.3 Å². The summed E-state index contributed by atoms with van der Waals surface area (Å²) in [6.07, 6.45) is 2.13. The molecular formula is C14H12ClN4S+. The lowest BCUT2D eigenvalue weighted by Gasteiger charge is -2.08. The van der Waals surface area contributed by atoms with Crippen LogP contribution in [0.4, 0.5) is 0 Å². The van der Waals surface area contributed by atoms with Crippen molar-refractivity contribution in [2.24, 2.45) is 5.73 Å². The topological polar surface area (TPSA) is 76.8 Å². The summed E-state index contributed by atoms with van der Waals surface area (Å²) in [5.41, 5.74) is 8.60. The van der Waals surface area contributed by atoms with Gasteiger partial charge < -0.3 is 0 Å². The molecule has 4 nitrogen and oxygen atoms in total. The summed E-state index contributed by atoms with van der Waals surface area (Å²) in [4.78, 5) is 4.43.